The minimum absolute atomic E-state index is 0.0274. The third-order valence-electron chi connectivity index (χ3n) is 4.70. The molecule has 0 spiro atoms. The van der Waals surface area contributed by atoms with E-state index in [1.807, 2.05) is 0 Å². The van der Waals surface area contributed by atoms with Gasteiger partial charge >= 0.3 is 11.9 Å². The van der Waals surface area contributed by atoms with Crippen LogP contribution in [0, 0.1) is 0 Å². The number of nitrogens with one attached hydrogen (secondary N) is 1. The van der Waals surface area contributed by atoms with Crippen molar-refractivity contribution in [3.05, 3.63) is 12.2 Å². The summed E-state index contributed by atoms with van der Waals surface area (Å²) >= 11 is 0. The second-order valence-electron chi connectivity index (χ2n) is 8.01. The van der Waals surface area contributed by atoms with Gasteiger partial charge in [-0.15, -0.1) is 0 Å². The van der Waals surface area contributed by atoms with Crippen molar-refractivity contribution in [3.8, 4) is 0 Å². The highest BCUT2D eigenvalue weighted by Crippen LogP contribution is 2.03. The fraction of sp³-hybridized carbons (Fsp3) is 0.720. The fourth-order valence-electron chi connectivity index (χ4n) is 2.70. The highest BCUT2D eigenvalue weighted by atomic mass is 16.5. The van der Waals surface area contributed by atoms with Gasteiger partial charge in [-0.1, -0.05) is 0 Å². The van der Waals surface area contributed by atoms with Crippen molar-refractivity contribution in [1.29, 1.82) is 0 Å². The predicted octanol–water partition coefficient (Wildman–Crippen LogP) is -1.59. The molecule has 0 fully saturated rings. The number of ether oxygens (including phenoxy) is 6. The first-order valence-electron chi connectivity index (χ1n) is 13.2. The van der Waals surface area contributed by atoms with Gasteiger partial charge in [0.2, 0.25) is 5.91 Å². The Morgan fingerprint density at radius 3 is 1.44 bits per heavy atom. The Morgan fingerprint density at radius 1 is 0.634 bits per heavy atom. The molecular weight excluding hydrogens is 550 g/mol. The van der Waals surface area contributed by atoms with Crippen molar-refractivity contribution < 1.29 is 62.6 Å². The zero-order valence-corrected chi connectivity index (χ0v) is 23.3. The molecule has 41 heavy (non-hydrogen) atoms. The average Bonchev–Trinajstić information content (AvgIpc) is 3.25. The molecule has 0 radical (unpaired) electrons. The lowest BCUT2D eigenvalue weighted by molar-refractivity contribution is -0.139. The van der Waals surface area contributed by atoms with Gasteiger partial charge in [0.1, 0.15) is 0 Å². The molecule has 16 heteroatoms. The lowest BCUT2D eigenvalue weighted by atomic mass is 10.3. The zero-order valence-electron chi connectivity index (χ0n) is 23.3. The predicted molar refractivity (Wildman–Crippen MR) is 142 cm³/mol. The Morgan fingerprint density at radius 2 is 1.02 bits per heavy atom. The van der Waals surface area contributed by atoms with Crippen LogP contribution in [-0.2, 0) is 52.4 Å². The zero-order chi connectivity index (χ0) is 30.6. The Kier molecular flexibility index (Phi) is 25.2. The molecule has 3 amide bonds. The third-order valence-corrected chi connectivity index (χ3v) is 4.70. The van der Waals surface area contributed by atoms with Crippen LogP contribution < -0.4 is 11.1 Å². The molecular formula is C25H43N3O13. The van der Waals surface area contributed by atoms with E-state index in [2.05, 4.69) is 5.32 Å². The van der Waals surface area contributed by atoms with Gasteiger partial charge in [0.15, 0.2) is 0 Å². The van der Waals surface area contributed by atoms with Crippen LogP contribution in [-0.4, -0.2) is 144 Å². The lowest BCUT2D eigenvalue weighted by Crippen LogP contribution is -2.35. The Bertz CT molecular complexity index is 762. The number of rotatable bonds is 26. The number of carboxylic acids is 2. The molecule has 0 aromatic rings. The lowest BCUT2D eigenvalue weighted by Gasteiger charge is -2.13. The van der Waals surface area contributed by atoms with Crippen molar-refractivity contribution in [1.82, 2.24) is 10.2 Å². The third kappa shape index (κ3) is 25.7. The summed E-state index contributed by atoms with van der Waals surface area (Å²) in [7, 11) is 0. The van der Waals surface area contributed by atoms with Gasteiger partial charge in [0, 0.05) is 38.2 Å². The summed E-state index contributed by atoms with van der Waals surface area (Å²) in [6.45, 7) is 5.39. The maximum atomic E-state index is 11.6. The van der Waals surface area contributed by atoms with Crippen LogP contribution in [0.25, 0.3) is 0 Å². The maximum absolute atomic E-state index is 11.6. The summed E-state index contributed by atoms with van der Waals surface area (Å²) < 4.78 is 30.8. The van der Waals surface area contributed by atoms with E-state index in [1.165, 1.54) is 12.2 Å². The van der Waals surface area contributed by atoms with Crippen LogP contribution >= 0.6 is 0 Å². The summed E-state index contributed by atoms with van der Waals surface area (Å²) in [6.07, 6.45) is 2.40. The molecule has 1 aliphatic rings. The smallest absolute Gasteiger partial charge is 0.305 e. The molecule has 1 rings (SSSR count). The van der Waals surface area contributed by atoms with Crippen molar-refractivity contribution >= 4 is 29.7 Å². The normalized spacial score (nSPS) is 12.4. The molecule has 0 saturated heterocycles. The molecule has 0 unspecified atom stereocenters. The van der Waals surface area contributed by atoms with Crippen LogP contribution in [0.5, 0.6) is 0 Å². The molecule has 0 aromatic carbocycles. The van der Waals surface area contributed by atoms with E-state index in [-0.39, 0.29) is 44.9 Å². The van der Waals surface area contributed by atoms with E-state index in [9.17, 15) is 24.0 Å². The van der Waals surface area contributed by atoms with Gasteiger partial charge in [0.05, 0.1) is 92.1 Å². The van der Waals surface area contributed by atoms with Crippen LogP contribution in [0.3, 0.4) is 0 Å². The van der Waals surface area contributed by atoms with E-state index in [1.54, 1.807) is 0 Å². The van der Waals surface area contributed by atoms with E-state index in [0.29, 0.717) is 79.2 Å². The number of carbonyl (C=O) groups is 5. The largest absolute Gasteiger partial charge is 0.481 e. The summed E-state index contributed by atoms with van der Waals surface area (Å²) in [4.78, 5) is 55.6. The van der Waals surface area contributed by atoms with Crippen molar-refractivity contribution in [2.75, 3.05) is 98.9 Å². The fourth-order valence-corrected chi connectivity index (χ4v) is 2.70. The van der Waals surface area contributed by atoms with Gasteiger partial charge in [-0.3, -0.25) is 28.9 Å². The molecule has 236 valence electrons. The number of hydrogen-bond donors (Lipinski definition) is 4. The molecule has 5 N–H and O–H groups in total. The van der Waals surface area contributed by atoms with E-state index in [4.69, 9.17) is 44.4 Å². The first-order valence-corrected chi connectivity index (χ1v) is 13.2. The summed E-state index contributed by atoms with van der Waals surface area (Å²) in [5.74, 6) is -2.83. The Balaban J connectivity index is 0.000000909. The first-order chi connectivity index (χ1) is 19.8. The summed E-state index contributed by atoms with van der Waals surface area (Å²) in [6, 6.07) is 0. The van der Waals surface area contributed by atoms with Gasteiger partial charge in [0.25, 0.3) is 11.8 Å². The quantitative estimate of drug-likeness (QED) is 0.0656. The van der Waals surface area contributed by atoms with E-state index in [0.717, 1.165) is 4.90 Å². The summed E-state index contributed by atoms with van der Waals surface area (Å²) in [5, 5.41) is 19.3. The molecule has 16 nitrogen and oxygen atoms in total. The van der Waals surface area contributed by atoms with Gasteiger partial charge < -0.3 is 49.7 Å². The molecule has 0 atom stereocenters. The molecule has 0 aromatic heterocycles. The standard InChI is InChI=1S/C16H24N2O8.C9H19NO5/c19-13(3-6-18-14(20)1-2-15(18)21)17-5-8-25-10-12-26-11-9-24-7-4-16(22)23;10-2-4-14-6-8-15-7-5-13-3-1-9(11)12/h1-2H,3-12H2,(H,17,19)(H,22,23);1-8,10H2,(H,11,12). The number of carboxylic acid groups (broad SMARTS) is 2. The Labute approximate surface area is 239 Å². The van der Waals surface area contributed by atoms with Gasteiger partial charge in [-0.2, -0.15) is 0 Å². The van der Waals surface area contributed by atoms with Gasteiger partial charge in [-0.25, -0.2) is 0 Å². The number of nitrogens with two attached hydrogens (primary N) is 1. The number of nitrogens with zero attached hydrogens (tertiary/aromatic N) is 1. The topological polar surface area (TPSA) is 222 Å². The monoisotopic (exact) mass is 593 g/mol. The number of aliphatic carboxylic acids is 2. The summed E-state index contributed by atoms with van der Waals surface area (Å²) in [5.41, 5.74) is 5.21. The SMILES string of the molecule is NCCOCCOCCOCCC(=O)O.O=C(O)CCOCCOCCOCCNC(=O)CCN1C(=O)C=CC1=O. The molecule has 0 bridgehead atoms. The minimum atomic E-state index is -0.901. The average molecular weight is 594 g/mol. The van der Waals surface area contributed by atoms with Gasteiger partial charge in [-0.05, 0) is 0 Å². The second kappa shape index (κ2) is 27.2. The number of carbonyl (C=O) groups excluding carboxylic acids is 3. The van der Waals surface area contributed by atoms with Crippen LogP contribution in [0.15, 0.2) is 12.2 Å². The first kappa shape index (κ1) is 38.0. The van der Waals surface area contributed by atoms with Crippen molar-refractivity contribution in [2.45, 2.75) is 19.3 Å². The van der Waals surface area contributed by atoms with E-state index >= 15 is 0 Å². The second-order valence-corrected chi connectivity index (χ2v) is 8.01. The molecule has 0 saturated carbocycles. The number of amides is 3. The van der Waals surface area contributed by atoms with Crippen molar-refractivity contribution in [2.24, 2.45) is 5.73 Å². The van der Waals surface area contributed by atoms with E-state index < -0.39 is 23.8 Å². The van der Waals surface area contributed by atoms with Crippen molar-refractivity contribution in [3.63, 3.8) is 0 Å². The number of imide groups is 1. The Hall–Kier alpha value is -2.99. The highest BCUT2D eigenvalue weighted by molar-refractivity contribution is 6.13. The molecule has 1 heterocycles. The minimum Gasteiger partial charge on any atom is -0.481 e. The number of hydrogen-bond acceptors (Lipinski definition) is 12. The van der Waals surface area contributed by atoms with Crippen LogP contribution in [0.4, 0.5) is 0 Å². The maximum Gasteiger partial charge on any atom is 0.305 e. The van der Waals surface area contributed by atoms with Crippen LogP contribution in [0.1, 0.15) is 19.3 Å². The molecule has 1 aliphatic heterocycles. The van der Waals surface area contributed by atoms with Crippen LogP contribution in [0.2, 0.25) is 0 Å². The highest BCUT2D eigenvalue weighted by Gasteiger charge is 2.23. The molecule has 0 aliphatic carbocycles.